The molecule has 4 aliphatic rings. The molecule has 0 unspecified atom stereocenters. The molecule has 2 aliphatic heterocycles. The molecule has 0 N–H and O–H groups in total. The van der Waals surface area contributed by atoms with Gasteiger partial charge in [0.25, 0.3) is 0 Å². The Morgan fingerprint density at radius 1 is 0.318 bits per heavy atom. The highest BCUT2D eigenvalue weighted by atomic mass is 32.2. The van der Waals surface area contributed by atoms with Gasteiger partial charge in [0.05, 0.1) is 16.5 Å². The van der Waals surface area contributed by atoms with Crippen LogP contribution in [-0.4, -0.2) is 0 Å². The zero-order valence-electron chi connectivity index (χ0n) is 35.5. The minimum absolute atomic E-state index is 0.457. The summed E-state index contributed by atoms with van der Waals surface area (Å²) in [5.74, 6) is 0. The summed E-state index contributed by atoms with van der Waals surface area (Å²) in [4.78, 5) is 7.74. The maximum atomic E-state index is 6.46. The van der Waals surface area contributed by atoms with E-state index in [0.717, 1.165) is 39.0 Å². The fourth-order valence-electron chi connectivity index (χ4n) is 12.3. The maximum Gasteiger partial charge on any atom is 0.135 e. The number of fused-ring (bicyclic) bond motifs is 21. The summed E-state index contributed by atoms with van der Waals surface area (Å²) in [5, 5.41) is 2.21. The molecule has 0 fully saturated rings. The van der Waals surface area contributed by atoms with E-state index in [4.69, 9.17) is 4.42 Å². The molecule has 0 saturated heterocycles. The lowest BCUT2D eigenvalue weighted by atomic mass is 9.67. The largest absolute Gasteiger partial charge is 0.456 e. The number of benzene rings is 10. The number of para-hydroxylation sites is 1. The van der Waals surface area contributed by atoms with Crippen LogP contribution in [-0.2, 0) is 10.8 Å². The van der Waals surface area contributed by atoms with Gasteiger partial charge in [-0.05, 0) is 128 Å². The molecule has 0 bridgehead atoms. The number of hydrogen-bond acceptors (Lipinski definition) is 4. The molecular weight excluding hydrogens is 839 g/mol. The van der Waals surface area contributed by atoms with Crippen LogP contribution in [0.1, 0.15) is 44.5 Å². The van der Waals surface area contributed by atoms with E-state index in [1.165, 1.54) is 86.3 Å². The molecule has 4 heteroatoms. The maximum absolute atomic E-state index is 6.46. The van der Waals surface area contributed by atoms with E-state index in [9.17, 15) is 0 Å². The van der Waals surface area contributed by atoms with Crippen LogP contribution in [0, 0.1) is 0 Å². The first-order valence-electron chi connectivity index (χ1n) is 22.7. The van der Waals surface area contributed by atoms with Gasteiger partial charge in [-0.3, -0.25) is 0 Å². The molecule has 1 aromatic heterocycles. The van der Waals surface area contributed by atoms with Crippen molar-refractivity contribution in [2.45, 2.75) is 30.4 Å². The summed E-state index contributed by atoms with van der Waals surface area (Å²) < 4.78 is 6.46. The number of rotatable bonds is 3. The van der Waals surface area contributed by atoms with E-state index in [1.54, 1.807) is 0 Å². The highest BCUT2D eigenvalue weighted by Crippen LogP contribution is 2.66. The van der Waals surface area contributed by atoms with Crippen molar-refractivity contribution in [1.29, 1.82) is 0 Å². The molecule has 66 heavy (non-hydrogen) atoms. The third-order valence-corrected chi connectivity index (χ3v) is 17.1. The second kappa shape index (κ2) is 13.5. The van der Waals surface area contributed by atoms with E-state index in [0.29, 0.717) is 0 Å². The van der Waals surface area contributed by atoms with Crippen molar-refractivity contribution < 1.29 is 4.42 Å². The van der Waals surface area contributed by atoms with Crippen molar-refractivity contribution in [2.24, 2.45) is 0 Å². The Labute approximate surface area is 391 Å². The first-order chi connectivity index (χ1) is 32.7. The summed E-state index contributed by atoms with van der Waals surface area (Å²) in [7, 11) is 0. The van der Waals surface area contributed by atoms with E-state index >= 15 is 0 Å². The molecule has 11 aromatic rings. The van der Waals surface area contributed by atoms with Gasteiger partial charge in [0.2, 0.25) is 0 Å². The number of anilines is 3. The van der Waals surface area contributed by atoms with Gasteiger partial charge in [0, 0.05) is 47.3 Å². The molecule has 0 amide bonds. The predicted octanol–water partition coefficient (Wildman–Crippen LogP) is 16.7. The van der Waals surface area contributed by atoms with E-state index in [-0.39, 0.29) is 0 Å². The van der Waals surface area contributed by atoms with Gasteiger partial charge in [0.15, 0.2) is 0 Å². The molecule has 2 nitrogen and oxygen atoms in total. The quantitative estimate of drug-likeness (QED) is 0.176. The van der Waals surface area contributed by atoms with Crippen molar-refractivity contribution in [2.75, 3.05) is 4.90 Å². The van der Waals surface area contributed by atoms with E-state index in [2.05, 4.69) is 229 Å². The van der Waals surface area contributed by atoms with Gasteiger partial charge in [0.1, 0.15) is 11.2 Å². The van der Waals surface area contributed by atoms with Crippen molar-refractivity contribution in [1.82, 2.24) is 0 Å². The molecule has 0 atom stereocenters. The van der Waals surface area contributed by atoms with Gasteiger partial charge in [-0.2, -0.15) is 0 Å². The number of nitrogens with zero attached hydrogens (tertiary/aromatic N) is 1. The molecule has 0 saturated carbocycles. The Balaban J connectivity index is 1.03. The molecule has 15 rings (SSSR count). The SMILES string of the molecule is c1ccc2c(c1)Sc1ccccc1C21c2ccccc2-c2cc(N(c3ccc4oc5ccccc5c4c3)c3cccc4c3-c3ccccc3C43c4ccccc4Sc4ccccc43)ccc21. The molecular formula is C62H37NOS2. The van der Waals surface area contributed by atoms with Gasteiger partial charge < -0.3 is 9.32 Å². The predicted molar refractivity (Wildman–Crippen MR) is 271 cm³/mol. The standard InChI is InChI=1S/C62H37NOS2/c1-4-19-45-40(16-1)43-36-38(32-34-47(43)61(45)48-21-6-11-28-56(48)65-57-29-12-7-22-49(57)61)63(39-33-35-55-44(37-39)41-17-3-10-27-54(41)64-55)53-26-15-25-52-60(53)42-18-2-5-20-46(42)62(52)50-23-8-13-30-58(50)66-59-31-14-9-24-51(59)62/h1-37H. The minimum atomic E-state index is -0.500. The van der Waals surface area contributed by atoms with Crippen molar-refractivity contribution >= 4 is 62.5 Å². The van der Waals surface area contributed by atoms with Crippen LogP contribution in [0.5, 0.6) is 0 Å². The lowest BCUT2D eigenvalue weighted by molar-refractivity contribution is 0.669. The van der Waals surface area contributed by atoms with Crippen molar-refractivity contribution in [3.05, 3.63) is 269 Å². The van der Waals surface area contributed by atoms with Crippen molar-refractivity contribution in [3.63, 3.8) is 0 Å². The Kier molecular flexibility index (Phi) is 7.54. The molecule has 2 spiro atoms. The van der Waals surface area contributed by atoms with Gasteiger partial charge >= 0.3 is 0 Å². The van der Waals surface area contributed by atoms with Crippen LogP contribution in [0.25, 0.3) is 44.2 Å². The Bertz CT molecular complexity index is 3790. The van der Waals surface area contributed by atoms with Gasteiger partial charge in [-0.15, -0.1) is 0 Å². The zero-order chi connectivity index (χ0) is 43.1. The second-order valence-corrected chi connectivity index (χ2v) is 20.0. The molecule has 10 aromatic carbocycles. The smallest absolute Gasteiger partial charge is 0.135 e. The summed E-state index contributed by atoms with van der Waals surface area (Å²) in [6.07, 6.45) is 0. The van der Waals surface area contributed by atoms with Crippen LogP contribution in [0.15, 0.2) is 248 Å². The summed E-state index contributed by atoms with van der Waals surface area (Å²) in [6.45, 7) is 0. The summed E-state index contributed by atoms with van der Waals surface area (Å²) in [6, 6.07) is 84.0. The lowest BCUT2D eigenvalue weighted by Gasteiger charge is -2.40. The van der Waals surface area contributed by atoms with Crippen LogP contribution >= 0.6 is 23.5 Å². The zero-order valence-corrected chi connectivity index (χ0v) is 37.2. The Hall–Kier alpha value is -7.50. The van der Waals surface area contributed by atoms with Crippen LogP contribution in [0.3, 0.4) is 0 Å². The minimum Gasteiger partial charge on any atom is -0.456 e. The third-order valence-electron chi connectivity index (χ3n) is 14.8. The normalized spacial score (nSPS) is 14.8. The first-order valence-corrected chi connectivity index (χ1v) is 24.3. The van der Waals surface area contributed by atoms with Crippen molar-refractivity contribution in [3.8, 4) is 22.3 Å². The highest BCUT2D eigenvalue weighted by Gasteiger charge is 2.52. The number of hydrogen-bond donors (Lipinski definition) is 0. The molecule has 2 aliphatic carbocycles. The lowest BCUT2D eigenvalue weighted by Crippen LogP contribution is -2.32. The van der Waals surface area contributed by atoms with Gasteiger partial charge in [-0.1, -0.05) is 181 Å². The topological polar surface area (TPSA) is 16.4 Å². The van der Waals surface area contributed by atoms with Crippen LogP contribution in [0.2, 0.25) is 0 Å². The monoisotopic (exact) mass is 875 g/mol. The second-order valence-electron chi connectivity index (χ2n) is 17.8. The number of furan rings is 1. The average Bonchev–Trinajstić information content (AvgIpc) is 4.00. The fourth-order valence-corrected chi connectivity index (χ4v) is 14.7. The fraction of sp³-hybridized carbons (Fsp3) is 0.0323. The summed E-state index contributed by atoms with van der Waals surface area (Å²) in [5.41, 5.74) is 19.8. The average molecular weight is 876 g/mol. The summed E-state index contributed by atoms with van der Waals surface area (Å²) >= 11 is 3.77. The highest BCUT2D eigenvalue weighted by molar-refractivity contribution is 7.99. The van der Waals surface area contributed by atoms with Gasteiger partial charge in [-0.25, -0.2) is 0 Å². The Morgan fingerprint density at radius 2 is 0.773 bits per heavy atom. The molecule has 308 valence electrons. The van der Waals surface area contributed by atoms with E-state index < -0.39 is 10.8 Å². The Morgan fingerprint density at radius 3 is 1.42 bits per heavy atom. The first kappa shape index (κ1) is 36.8. The van der Waals surface area contributed by atoms with Crippen LogP contribution < -0.4 is 4.90 Å². The van der Waals surface area contributed by atoms with E-state index in [1.807, 2.05) is 23.5 Å². The third kappa shape index (κ3) is 4.65. The molecule has 0 radical (unpaired) electrons. The molecule has 3 heterocycles. The van der Waals surface area contributed by atoms with Crippen LogP contribution in [0.4, 0.5) is 17.1 Å².